The second-order valence-corrected chi connectivity index (χ2v) is 11.7. The average molecular weight is 594 g/mol. The highest BCUT2D eigenvalue weighted by Gasteiger charge is 2.17. The lowest BCUT2D eigenvalue weighted by Crippen LogP contribution is -2.08. The van der Waals surface area contributed by atoms with Crippen LogP contribution in [0.15, 0.2) is 41.9 Å². The van der Waals surface area contributed by atoms with E-state index in [1.165, 1.54) is 46.7 Å². The number of aromatic nitrogens is 6. The first-order valence-electron chi connectivity index (χ1n) is 10.6. The molecule has 198 valence electrons. The smallest absolute Gasteiger partial charge is 0.337 e. The number of anilines is 1. The minimum atomic E-state index is -0.566. The predicted molar refractivity (Wildman–Crippen MR) is 143 cm³/mol. The van der Waals surface area contributed by atoms with Crippen LogP contribution in [0.2, 0.25) is 0 Å². The summed E-state index contributed by atoms with van der Waals surface area (Å²) in [7, 11) is 1.27. The van der Waals surface area contributed by atoms with Crippen LogP contribution in [0, 0.1) is 6.92 Å². The van der Waals surface area contributed by atoms with Gasteiger partial charge >= 0.3 is 10.8 Å². The number of hydrogen-bond donors (Lipinski definition) is 2. The van der Waals surface area contributed by atoms with E-state index in [2.05, 4.69) is 35.7 Å². The topological polar surface area (TPSA) is 193 Å². The summed E-state index contributed by atoms with van der Waals surface area (Å²) in [6.45, 7) is 1.99. The van der Waals surface area contributed by atoms with E-state index >= 15 is 0 Å². The monoisotopic (exact) mass is 593 g/mol. The number of nitrogens with zero attached hydrogens (tertiary/aromatic N) is 7. The molecule has 0 spiro atoms. The number of methoxy groups -OCH3 is 1. The summed E-state index contributed by atoms with van der Waals surface area (Å²) in [6.07, 6.45) is 0. The van der Waals surface area contributed by atoms with Gasteiger partial charge in [0.05, 0.1) is 24.1 Å². The Morgan fingerprint density at radius 1 is 1.18 bits per heavy atom. The molecule has 0 fully saturated rings. The number of rotatable bonds is 12. The van der Waals surface area contributed by atoms with E-state index in [0.29, 0.717) is 38.6 Å². The molecule has 1 aromatic carbocycles. The molecule has 0 atom stereocenters. The highest BCUT2D eigenvalue weighted by molar-refractivity contribution is 8.04. The maximum atomic E-state index is 12.1. The Morgan fingerprint density at radius 3 is 2.68 bits per heavy atom. The largest absolute Gasteiger partial charge is 0.465 e. The number of thioether (sulfide) groups is 2. The number of ether oxygens (including phenoxy) is 2. The quantitative estimate of drug-likeness (QED) is 0.0799. The lowest BCUT2D eigenvalue weighted by molar-refractivity contribution is -0.129. The van der Waals surface area contributed by atoms with Gasteiger partial charge in [-0.1, -0.05) is 34.9 Å². The summed E-state index contributed by atoms with van der Waals surface area (Å²) in [5.74, 6) is 1.11. The average Bonchev–Trinajstić information content (AvgIpc) is 3.62. The highest BCUT2D eigenvalue weighted by atomic mass is 32.2. The second kappa shape index (κ2) is 12.8. The minimum absolute atomic E-state index is 0.0469. The van der Waals surface area contributed by atoms with Crippen molar-refractivity contribution in [1.82, 2.24) is 30.2 Å². The number of hydrogen-bond acceptors (Lipinski definition) is 16. The van der Waals surface area contributed by atoms with Gasteiger partial charge in [0.15, 0.2) is 20.2 Å². The van der Waals surface area contributed by atoms with E-state index < -0.39 is 5.97 Å². The van der Waals surface area contributed by atoms with Crippen molar-refractivity contribution < 1.29 is 19.1 Å². The van der Waals surface area contributed by atoms with E-state index in [1.54, 1.807) is 25.1 Å². The number of nitrogen functional groups attached to an aromatic ring is 1. The third-order valence-corrected chi connectivity index (χ3v) is 8.70. The van der Waals surface area contributed by atoms with Gasteiger partial charge in [-0.15, -0.1) is 20.4 Å². The summed E-state index contributed by atoms with van der Waals surface area (Å²) < 4.78 is 12.5. The zero-order chi connectivity index (χ0) is 27.1. The Bertz CT molecular complexity index is 1530. The zero-order valence-electron chi connectivity index (χ0n) is 19.8. The van der Waals surface area contributed by atoms with Crippen LogP contribution in [0.25, 0.3) is 5.69 Å². The van der Waals surface area contributed by atoms with Crippen LogP contribution in [0.5, 0.6) is 0 Å². The lowest BCUT2D eigenvalue weighted by Gasteiger charge is -2.09. The molecule has 0 aliphatic rings. The van der Waals surface area contributed by atoms with Crippen LogP contribution in [0.4, 0.5) is 16.6 Å². The van der Waals surface area contributed by atoms with Crippen LogP contribution in [0.1, 0.15) is 21.6 Å². The summed E-state index contributed by atoms with van der Waals surface area (Å²) in [5, 5.41) is 27.6. The molecular weight excluding hydrogens is 575 g/mol. The van der Waals surface area contributed by atoms with E-state index in [-0.39, 0.29) is 22.9 Å². The Hall–Kier alpha value is -3.61. The van der Waals surface area contributed by atoms with Crippen molar-refractivity contribution >= 4 is 75.3 Å². The molecule has 4 rings (SSSR count). The molecule has 3 aromatic heterocycles. The molecule has 38 heavy (non-hydrogen) atoms. The van der Waals surface area contributed by atoms with Gasteiger partial charge in [0.25, 0.3) is 11.6 Å². The molecule has 0 amide bonds. The van der Waals surface area contributed by atoms with Gasteiger partial charge in [0, 0.05) is 11.5 Å². The highest BCUT2D eigenvalue weighted by Crippen LogP contribution is 2.33. The maximum Gasteiger partial charge on any atom is 0.337 e. The number of nitrogens with two attached hydrogens (primary N) is 1. The maximum absolute atomic E-state index is 12.1. The summed E-state index contributed by atoms with van der Waals surface area (Å²) in [4.78, 5) is 33.7. The zero-order valence-corrected chi connectivity index (χ0v) is 23.1. The first-order valence-corrected chi connectivity index (χ1v) is 14.2. The number of carbonyl (C=O) groups is 2. The number of nitrogens with one attached hydrogen (secondary N) is 1. The summed E-state index contributed by atoms with van der Waals surface area (Å²) >= 11 is 5.34. The van der Waals surface area contributed by atoms with Gasteiger partial charge in [0.1, 0.15) is 6.61 Å². The normalized spacial score (nSPS) is 11.2. The molecule has 0 radical (unpaired) electrons. The molecule has 0 bridgehead atoms. The molecule has 0 saturated heterocycles. The summed E-state index contributed by atoms with van der Waals surface area (Å²) in [5.41, 5.74) is 8.39. The first-order chi connectivity index (χ1) is 18.4. The Morgan fingerprint density at radius 2 is 1.97 bits per heavy atom. The van der Waals surface area contributed by atoms with Gasteiger partial charge in [-0.05, 0) is 42.0 Å². The fourth-order valence-electron chi connectivity index (χ4n) is 3.03. The number of carbonyl (C=O) groups excluding carboxylic acids is 2. The van der Waals surface area contributed by atoms with E-state index in [9.17, 15) is 14.4 Å². The van der Waals surface area contributed by atoms with Crippen molar-refractivity contribution in [3.05, 3.63) is 44.7 Å². The standard InChI is InChI=1S/C20H19N9O5S4/c1-10-14(22-23-17-24-26-19(37-17)35-3-4-36-20-27-25-18(32)38-20)15(21)29(28-10)13-6-11(8-34-9-30)5-12(7-13)16(31)33-2/h5-7,9H,3-4,8,21H2,1-2H3,(H,25,32). The van der Waals surface area contributed by atoms with Gasteiger partial charge < -0.3 is 15.2 Å². The third kappa shape index (κ3) is 6.82. The fourth-order valence-corrected chi connectivity index (χ4v) is 6.42. The van der Waals surface area contributed by atoms with Crippen molar-refractivity contribution in [1.29, 1.82) is 0 Å². The molecule has 18 heteroatoms. The number of azo groups is 1. The molecule has 0 unspecified atom stereocenters. The third-order valence-electron chi connectivity index (χ3n) is 4.61. The molecule has 3 heterocycles. The Kier molecular flexibility index (Phi) is 9.21. The van der Waals surface area contributed by atoms with Crippen molar-refractivity contribution in [2.45, 2.75) is 22.2 Å². The van der Waals surface area contributed by atoms with Crippen LogP contribution >= 0.6 is 46.2 Å². The number of esters is 1. The number of H-pyrrole nitrogens is 1. The molecule has 0 saturated carbocycles. The van der Waals surface area contributed by atoms with Crippen molar-refractivity contribution in [3.8, 4) is 5.69 Å². The summed E-state index contributed by atoms with van der Waals surface area (Å²) in [6, 6.07) is 4.78. The molecule has 4 aromatic rings. The number of aryl methyl sites for hydroxylation is 1. The molecule has 3 N–H and O–H groups in total. The molecular formula is C20H19N9O5S4. The minimum Gasteiger partial charge on any atom is -0.465 e. The van der Waals surface area contributed by atoms with Crippen LogP contribution in [0.3, 0.4) is 0 Å². The molecule has 0 aliphatic heterocycles. The fraction of sp³-hybridized carbons (Fsp3) is 0.250. The van der Waals surface area contributed by atoms with Crippen molar-refractivity contribution in [3.63, 3.8) is 0 Å². The Balaban J connectivity index is 1.46. The number of benzene rings is 1. The Labute approximate surface area is 231 Å². The van der Waals surface area contributed by atoms with Crippen LogP contribution in [-0.2, 0) is 20.9 Å². The number of aromatic amines is 1. The predicted octanol–water partition coefficient (Wildman–Crippen LogP) is 3.52. The van der Waals surface area contributed by atoms with Crippen LogP contribution < -0.4 is 10.6 Å². The van der Waals surface area contributed by atoms with E-state index in [0.717, 1.165) is 27.2 Å². The molecule has 0 aliphatic carbocycles. The molecule has 14 nitrogen and oxygen atoms in total. The van der Waals surface area contributed by atoms with Gasteiger partial charge in [0.2, 0.25) is 0 Å². The van der Waals surface area contributed by atoms with Crippen molar-refractivity contribution in [2.24, 2.45) is 10.2 Å². The first kappa shape index (κ1) is 27.4. The van der Waals surface area contributed by atoms with E-state index in [4.69, 9.17) is 15.2 Å². The van der Waals surface area contributed by atoms with Crippen molar-refractivity contribution in [2.75, 3.05) is 24.3 Å². The van der Waals surface area contributed by atoms with Gasteiger partial charge in [-0.3, -0.25) is 9.59 Å². The van der Waals surface area contributed by atoms with E-state index in [1.807, 2.05) is 0 Å². The van der Waals surface area contributed by atoms with Gasteiger partial charge in [-0.25, -0.2) is 14.6 Å². The van der Waals surface area contributed by atoms with Gasteiger partial charge in [-0.2, -0.15) is 10.2 Å². The lowest BCUT2D eigenvalue weighted by atomic mass is 10.1. The SMILES string of the molecule is COC(=O)c1cc(COC=O)cc(-n2nc(C)c(N=Nc3nnc(SCCSc4n[nH]c(=O)s4)s3)c2N)c1. The van der Waals surface area contributed by atoms with Crippen LogP contribution in [-0.4, -0.2) is 61.2 Å². The second-order valence-electron chi connectivity index (χ2n) is 7.14.